The van der Waals surface area contributed by atoms with E-state index in [4.69, 9.17) is 14.2 Å². The van der Waals surface area contributed by atoms with E-state index in [2.05, 4.69) is 18.7 Å². The first-order chi connectivity index (χ1) is 17.5. The van der Waals surface area contributed by atoms with Gasteiger partial charge in [-0.25, -0.2) is 4.79 Å². The molecule has 8 heteroatoms. The van der Waals surface area contributed by atoms with E-state index in [1.54, 1.807) is 18.3 Å². The average Bonchev–Trinajstić information content (AvgIpc) is 2.88. The van der Waals surface area contributed by atoms with Gasteiger partial charge in [0.1, 0.15) is 6.61 Å². The lowest BCUT2D eigenvalue weighted by atomic mass is 9.98. The summed E-state index contributed by atoms with van der Waals surface area (Å²) in [6, 6.07) is 15.8. The molecule has 0 bridgehead atoms. The summed E-state index contributed by atoms with van der Waals surface area (Å²) in [5, 5.41) is 4.95. The van der Waals surface area contributed by atoms with E-state index in [0.29, 0.717) is 29.6 Å². The number of benzene rings is 3. The first kappa shape index (κ1) is 24.1. The molecule has 0 aliphatic carbocycles. The molecule has 3 aromatic carbocycles. The van der Waals surface area contributed by atoms with Gasteiger partial charge in [0.15, 0.2) is 0 Å². The largest absolute Gasteiger partial charge is 0.460 e. The van der Waals surface area contributed by atoms with Crippen molar-refractivity contribution in [1.82, 2.24) is 4.57 Å². The van der Waals surface area contributed by atoms with Gasteiger partial charge in [-0.3, -0.25) is 14.2 Å². The lowest BCUT2D eigenvalue weighted by Crippen LogP contribution is -2.34. The van der Waals surface area contributed by atoms with Crippen LogP contribution < -0.4 is 11.1 Å². The average molecular weight is 504 g/mol. The molecular weight excluding hydrogens is 478 g/mol. The summed E-state index contributed by atoms with van der Waals surface area (Å²) in [6.07, 6.45) is 0. The number of hydrogen-bond acceptors (Lipinski definition) is 7. The highest BCUT2D eigenvalue weighted by Gasteiger charge is 2.18. The summed E-state index contributed by atoms with van der Waals surface area (Å²) < 4.78 is 19.3. The molecule has 0 radical (unpaired) electrons. The van der Waals surface area contributed by atoms with Gasteiger partial charge in [-0.15, -0.1) is 11.3 Å². The van der Waals surface area contributed by atoms with Gasteiger partial charge in [-0.2, -0.15) is 0 Å². The van der Waals surface area contributed by atoms with Crippen LogP contribution in [-0.4, -0.2) is 43.6 Å². The summed E-state index contributed by atoms with van der Waals surface area (Å²) in [7, 11) is 0. The van der Waals surface area contributed by atoms with Crippen molar-refractivity contribution in [2.24, 2.45) is 0 Å². The molecule has 5 aromatic rings. The summed E-state index contributed by atoms with van der Waals surface area (Å²) in [4.78, 5) is 37.9. The fourth-order valence-electron chi connectivity index (χ4n) is 4.41. The van der Waals surface area contributed by atoms with Crippen LogP contribution in [0.25, 0.3) is 41.7 Å². The molecule has 2 aromatic heterocycles. The standard InChI is InChI=1S/C28H25NO6S/c1-17(2)28(32)35-16-15-34-14-13-33-12-11-29-26(30)20-8-7-19-18-5-3-4-6-22(18)36-23-10-9-21(27(29)31)24(20)25(19)23/h3-10H,1,11-16H2,2H3. The zero-order valence-electron chi connectivity index (χ0n) is 19.9. The van der Waals surface area contributed by atoms with Crippen molar-refractivity contribution in [3.63, 3.8) is 0 Å². The quantitative estimate of drug-likeness (QED) is 0.0919. The van der Waals surface area contributed by atoms with Crippen molar-refractivity contribution in [3.05, 3.63) is 81.4 Å². The van der Waals surface area contributed by atoms with Crippen LogP contribution in [0, 0.1) is 0 Å². The van der Waals surface area contributed by atoms with Gasteiger partial charge in [0.25, 0.3) is 11.1 Å². The lowest BCUT2D eigenvalue weighted by Gasteiger charge is -2.14. The minimum Gasteiger partial charge on any atom is -0.460 e. The molecular formula is C28H25NO6S. The fourth-order valence-corrected chi connectivity index (χ4v) is 5.53. The molecule has 7 nitrogen and oxygen atoms in total. The molecule has 0 amide bonds. The number of nitrogens with zero attached hydrogens (tertiary/aromatic N) is 1. The van der Waals surface area contributed by atoms with Crippen molar-refractivity contribution in [2.75, 3.05) is 33.0 Å². The Labute approximate surface area is 210 Å². The summed E-state index contributed by atoms with van der Waals surface area (Å²) in [6.45, 7) is 6.42. The third-order valence-corrected chi connectivity index (χ3v) is 7.25. The Kier molecular flexibility index (Phi) is 6.82. The minimum atomic E-state index is -0.448. The van der Waals surface area contributed by atoms with E-state index < -0.39 is 5.97 Å². The van der Waals surface area contributed by atoms with Crippen LogP contribution >= 0.6 is 11.3 Å². The monoisotopic (exact) mass is 503 g/mol. The van der Waals surface area contributed by atoms with E-state index in [1.807, 2.05) is 36.4 Å². The van der Waals surface area contributed by atoms with Crippen LogP contribution in [0.2, 0.25) is 0 Å². The Morgan fingerprint density at radius 2 is 1.42 bits per heavy atom. The maximum Gasteiger partial charge on any atom is 0.333 e. The van der Waals surface area contributed by atoms with E-state index in [9.17, 15) is 14.4 Å². The Morgan fingerprint density at radius 1 is 0.778 bits per heavy atom. The predicted octanol–water partition coefficient (Wildman–Crippen LogP) is 4.47. The first-order valence-corrected chi connectivity index (χ1v) is 12.5. The summed E-state index contributed by atoms with van der Waals surface area (Å²) >= 11 is 1.66. The van der Waals surface area contributed by atoms with Crippen molar-refractivity contribution < 1.29 is 19.0 Å². The van der Waals surface area contributed by atoms with Gasteiger partial charge in [-0.05, 0) is 42.0 Å². The third kappa shape index (κ3) is 4.39. The van der Waals surface area contributed by atoms with Crippen molar-refractivity contribution in [1.29, 1.82) is 0 Å². The second-order valence-electron chi connectivity index (χ2n) is 8.52. The van der Waals surface area contributed by atoms with Gasteiger partial charge < -0.3 is 14.2 Å². The number of esters is 1. The molecule has 0 N–H and O–H groups in total. The van der Waals surface area contributed by atoms with Crippen molar-refractivity contribution in [3.8, 4) is 0 Å². The number of ether oxygens (including phenoxy) is 3. The van der Waals surface area contributed by atoms with E-state index >= 15 is 0 Å². The lowest BCUT2D eigenvalue weighted by molar-refractivity contribution is -0.140. The SMILES string of the molecule is C=C(C)C(=O)OCCOCCOCCn1c(=O)c2ccc3sc4ccccc4c4ccc(c1=O)c2c34. The van der Waals surface area contributed by atoms with Crippen LogP contribution in [0.5, 0.6) is 0 Å². The topological polar surface area (TPSA) is 83.8 Å². The molecule has 5 rings (SSSR count). The first-order valence-electron chi connectivity index (χ1n) is 11.7. The van der Waals surface area contributed by atoms with E-state index in [1.165, 1.54) is 4.57 Å². The number of fused-ring (bicyclic) bond motifs is 2. The van der Waals surface area contributed by atoms with Gasteiger partial charge in [0, 0.05) is 36.5 Å². The van der Waals surface area contributed by atoms with Crippen LogP contribution in [0.1, 0.15) is 6.92 Å². The van der Waals surface area contributed by atoms with Gasteiger partial charge in [0.05, 0.1) is 33.0 Å². The number of carbonyl (C=O) groups is 1. The molecule has 0 saturated heterocycles. The highest BCUT2D eigenvalue weighted by Crippen LogP contribution is 2.39. The number of hydrogen-bond donors (Lipinski definition) is 0. The minimum absolute atomic E-state index is 0.140. The Bertz CT molecular complexity index is 1680. The zero-order valence-corrected chi connectivity index (χ0v) is 20.7. The van der Waals surface area contributed by atoms with E-state index in [-0.39, 0.29) is 37.5 Å². The zero-order chi connectivity index (χ0) is 25.2. The van der Waals surface area contributed by atoms with Crippen LogP contribution in [0.3, 0.4) is 0 Å². The molecule has 0 fully saturated rings. The molecule has 0 saturated carbocycles. The molecule has 0 atom stereocenters. The molecule has 0 unspecified atom stereocenters. The van der Waals surface area contributed by atoms with Gasteiger partial charge in [0.2, 0.25) is 0 Å². The Hall–Kier alpha value is -3.59. The number of pyridine rings is 1. The molecule has 0 spiro atoms. The highest BCUT2D eigenvalue weighted by molar-refractivity contribution is 7.25. The second kappa shape index (κ2) is 10.2. The second-order valence-corrected chi connectivity index (χ2v) is 9.61. The maximum atomic E-state index is 13.3. The van der Waals surface area contributed by atoms with Crippen LogP contribution in [0.15, 0.2) is 70.3 Å². The summed E-state index contributed by atoms with van der Waals surface area (Å²) in [5.41, 5.74) is -0.272. The summed E-state index contributed by atoms with van der Waals surface area (Å²) in [5.74, 6) is -0.448. The fraction of sp³-hybridized carbons (Fsp3) is 0.250. The van der Waals surface area contributed by atoms with Crippen LogP contribution in [0.4, 0.5) is 0 Å². The molecule has 184 valence electrons. The molecule has 0 aliphatic rings. The van der Waals surface area contributed by atoms with Gasteiger partial charge in [-0.1, -0.05) is 30.8 Å². The highest BCUT2D eigenvalue weighted by atomic mass is 32.1. The molecule has 0 aliphatic heterocycles. The van der Waals surface area contributed by atoms with Crippen LogP contribution in [-0.2, 0) is 25.5 Å². The number of aromatic nitrogens is 1. The van der Waals surface area contributed by atoms with E-state index in [0.717, 1.165) is 30.9 Å². The normalized spacial score (nSPS) is 11.7. The Balaban J connectivity index is 1.31. The van der Waals surface area contributed by atoms with Crippen molar-refractivity contribution in [2.45, 2.75) is 13.5 Å². The van der Waals surface area contributed by atoms with Gasteiger partial charge >= 0.3 is 5.97 Å². The molecule has 2 heterocycles. The molecule has 36 heavy (non-hydrogen) atoms. The Morgan fingerprint density at radius 3 is 2.17 bits per heavy atom. The number of rotatable bonds is 10. The maximum absolute atomic E-state index is 13.3. The number of carbonyl (C=O) groups excluding carboxylic acids is 1. The predicted molar refractivity (Wildman–Crippen MR) is 143 cm³/mol. The third-order valence-electron chi connectivity index (χ3n) is 6.11. The smallest absolute Gasteiger partial charge is 0.333 e. The van der Waals surface area contributed by atoms with Crippen molar-refractivity contribution >= 4 is 59.0 Å².